The molecule has 64 valence electrons. The maximum atomic E-state index is 4.53. The van der Waals surface area contributed by atoms with Gasteiger partial charge in [0, 0.05) is 11.3 Å². The molecule has 0 unspecified atom stereocenters. The van der Waals surface area contributed by atoms with Crippen molar-refractivity contribution >= 4 is 15.9 Å². The van der Waals surface area contributed by atoms with Crippen LogP contribution in [-0.2, 0) is 12.8 Å². The first kappa shape index (κ1) is 7.13. The Hall–Kier alpha value is -0.310. The zero-order chi connectivity index (χ0) is 8.13. The van der Waals surface area contributed by atoms with Gasteiger partial charge in [-0.2, -0.15) is 5.10 Å². The van der Waals surface area contributed by atoms with Gasteiger partial charge in [-0.15, -0.1) is 0 Å². The summed E-state index contributed by atoms with van der Waals surface area (Å²) in [6.07, 6.45) is 6.45. The highest BCUT2D eigenvalue weighted by Gasteiger charge is 2.30. The van der Waals surface area contributed by atoms with Crippen molar-refractivity contribution in [1.29, 1.82) is 0 Å². The first-order chi connectivity index (χ1) is 5.86. The van der Waals surface area contributed by atoms with Crippen LogP contribution in [0.5, 0.6) is 0 Å². The van der Waals surface area contributed by atoms with Gasteiger partial charge in [0.15, 0.2) is 0 Å². The van der Waals surface area contributed by atoms with Crippen molar-refractivity contribution < 1.29 is 0 Å². The van der Waals surface area contributed by atoms with Gasteiger partial charge in [-0.1, -0.05) is 0 Å². The van der Waals surface area contributed by atoms with E-state index in [1.54, 1.807) is 0 Å². The minimum atomic E-state index is 0.739. The Balaban J connectivity index is 2.13. The molecule has 1 aromatic heterocycles. The Morgan fingerprint density at radius 1 is 1.33 bits per heavy atom. The largest absolute Gasteiger partial charge is 0.265 e. The fraction of sp³-hybridized carbons (Fsp3) is 0.667. The summed E-state index contributed by atoms with van der Waals surface area (Å²) in [4.78, 5) is 0. The molecule has 1 heterocycles. The van der Waals surface area contributed by atoms with E-state index < -0.39 is 0 Å². The molecule has 2 aliphatic carbocycles. The van der Waals surface area contributed by atoms with Gasteiger partial charge in [0.05, 0.1) is 6.04 Å². The van der Waals surface area contributed by atoms with Crippen LogP contribution in [0.15, 0.2) is 4.60 Å². The third-order valence-corrected chi connectivity index (χ3v) is 3.44. The molecule has 2 nitrogen and oxygen atoms in total. The fourth-order valence-electron chi connectivity index (χ4n) is 2.04. The summed E-state index contributed by atoms with van der Waals surface area (Å²) < 4.78 is 3.36. The van der Waals surface area contributed by atoms with Crippen LogP contribution in [0.2, 0.25) is 0 Å². The molecule has 12 heavy (non-hydrogen) atoms. The Bertz CT molecular complexity index is 326. The zero-order valence-electron chi connectivity index (χ0n) is 6.89. The Morgan fingerprint density at radius 3 is 2.92 bits per heavy atom. The molecule has 0 radical (unpaired) electrons. The average molecular weight is 227 g/mol. The van der Waals surface area contributed by atoms with Crippen LogP contribution in [0, 0.1) is 0 Å². The van der Waals surface area contributed by atoms with Crippen molar-refractivity contribution in [3.8, 4) is 0 Å². The molecule has 2 aliphatic rings. The van der Waals surface area contributed by atoms with Crippen molar-refractivity contribution in [2.75, 3.05) is 0 Å². The van der Waals surface area contributed by atoms with Crippen LogP contribution in [0.3, 0.4) is 0 Å². The van der Waals surface area contributed by atoms with E-state index in [0.717, 1.165) is 10.6 Å². The van der Waals surface area contributed by atoms with Crippen LogP contribution in [0.4, 0.5) is 0 Å². The topological polar surface area (TPSA) is 17.8 Å². The fourth-order valence-corrected chi connectivity index (χ4v) is 2.64. The van der Waals surface area contributed by atoms with E-state index in [-0.39, 0.29) is 0 Å². The van der Waals surface area contributed by atoms with Gasteiger partial charge in [0.25, 0.3) is 0 Å². The highest BCUT2D eigenvalue weighted by atomic mass is 79.9. The molecule has 0 saturated heterocycles. The minimum absolute atomic E-state index is 0.739. The second-order valence-electron chi connectivity index (χ2n) is 3.75. The molecule has 0 aromatic carbocycles. The SMILES string of the molecule is Brc1nn(C2CC2)c2c1CCC2. The summed E-state index contributed by atoms with van der Waals surface area (Å²) in [7, 11) is 0. The van der Waals surface area contributed by atoms with Gasteiger partial charge in [-0.25, -0.2) is 0 Å². The predicted octanol–water partition coefficient (Wildman–Crippen LogP) is 2.47. The number of fused-ring (bicyclic) bond motifs is 1. The Labute approximate surface area is 80.1 Å². The molecule has 0 spiro atoms. The van der Waals surface area contributed by atoms with Crippen molar-refractivity contribution in [2.45, 2.75) is 38.1 Å². The molecule has 0 amide bonds. The number of aromatic nitrogens is 2. The molecule has 0 atom stereocenters. The quantitative estimate of drug-likeness (QED) is 0.720. The summed E-state index contributed by atoms with van der Waals surface area (Å²) in [6.45, 7) is 0. The maximum Gasteiger partial charge on any atom is 0.131 e. The third-order valence-electron chi connectivity index (χ3n) is 2.80. The molecular weight excluding hydrogens is 216 g/mol. The lowest BCUT2D eigenvalue weighted by Crippen LogP contribution is -2.00. The van der Waals surface area contributed by atoms with Crippen LogP contribution in [0.1, 0.15) is 36.6 Å². The number of halogens is 1. The molecule has 0 N–H and O–H groups in total. The van der Waals surface area contributed by atoms with Crippen molar-refractivity contribution in [2.24, 2.45) is 0 Å². The summed E-state index contributed by atoms with van der Waals surface area (Å²) in [6, 6.07) is 0.739. The van der Waals surface area contributed by atoms with Gasteiger partial charge in [-0.05, 0) is 48.0 Å². The molecule has 0 aliphatic heterocycles. The van der Waals surface area contributed by atoms with Gasteiger partial charge in [-0.3, -0.25) is 4.68 Å². The summed E-state index contributed by atoms with van der Waals surface area (Å²) in [5.74, 6) is 0. The number of hydrogen-bond donors (Lipinski definition) is 0. The summed E-state index contributed by atoms with van der Waals surface area (Å²) >= 11 is 3.53. The van der Waals surface area contributed by atoms with E-state index in [1.807, 2.05) is 0 Å². The average Bonchev–Trinajstić information content (AvgIpc) is 2.68. The molecule has 3 rings (SSSR count). The van der Waals surface area contributed by atoms with Crippen molar-refractivity contribution in [3.63, 3.8) is 0 Å². The van der Waals surface area contributed by atoms with E-state index >= 15 is 0 Å². The van der Waals surface area contributed by atoms with Crippen LogP contribution >= 0.6 is 15.9 Å². The third kappa shape index (κ3) is 0.889. The lowest BCUT2D eigenvalue weighted by molar-refractivity contribution is 0.602. The maximum absolute atomic E-state index is 4.53. The lowest BCUT2D eigenvalue weighted by Gasteiger charge is -2.00. The molecule has 0 bridgehead atoms. The minimum Gasteiger partial charge on any atom is -0.265 e. The molecule has 1 aromatic rings. The van der Waals surface area contributed by atoms with Gasteiger partial charge >= 0.3 is 0 Å². The van der Waals surface area contributed by atoms with Gasteiger partial charge in [0.2, 0.25) is 0 Å². The van der Waals surface area contributed by atoms with E-state index in [9.17, 15) is 0 Å². The lowest BCUT2D eigenvalue weighted by atomic mass is 10.3. The van der Waals surface area contributed by atoms with E-state index in [4.69, 9.17) is 0 Å². The highest BCUT2D eigenvalue weighted by Crippen LogP contribution is 2.39. The first-order valence-corrected chi connectivity index (χ1v) is 5.41. The van der Waals surface area contributed by atoms with Gasteiger partial charge < -0.3 is 0 Å². The first-order valence-electron chi connectivity index (χ1n) is 4.62. The highest BCUT2D eigenvalue weighted by molar-refractivity contribution is 9.10. The molecule has 1 fully saturated rings. The second-order valence-corrected chi connectivity index (χ2v) is 4.50. The van der Waals surface area contributed by atoms with Crippen LogP contribution < -0.4 is 0 Å². The summed E-state index contributed by atoms with van der Waals surface area (Å²) in [5, 5.41) is 4.53. The Kier molecular flexibility index (Phi) is 1.39. The normalized spacial score (nSPS) is 21.4. The monoisotopic (exact) mass is 226 g/mol. The molecule has 3 heteroatoms. The van der Waals surface area contributed by atoms with Crippen LogP contribution in [0.25, 0.3) is 0 Å². The molecule has 1 saturated carbocycles. The predicted molar refractivity (Wildman–Crippen MR) is 50.2 cm³/mol. The standard InChI is InChI=1S/C9H11BrN2/c10-9-7-2-1-3-8(7)12(11-9)6-4-5-6/h6H,1-5H2. The van der Waals surface area contributed by atoms with Gasteiger partial charge in [0.1, 0.15) is 4.60 Å². The van der Waals surface area contributed by atoms with Crippen LogP contribution in [-0.4, -0.2) is 9.78 Å². The second kappa shape index (κ2) is 2.34. The smallest absolute Gasteiger partial charge is 0.131 e. The molecular formula is C9H11BrN2. The van der Waals surface area contributed by atoms with E-state index in [2.05, 4.69) is 25.7 Å². The zero-order valence-corrected chi connectivity index (χ0v) is 8.47. The van der Waals surface area contributed by atoms with Crippen molar-refractivity contribution in [1.82, 2.24) is 9.78 Å². The van der Waals surface area contributed by atoms with E-state index in [1.165, 1.54) is 43.4 Å². The Morgan fingerprint density at radius 2 is 2.17 bits per heavy atom. The number of rotatable bonds is 1. The summed E-state index contributed by atoms with van der Waals surface area (Å²) in [5.41, 5.74) is 2.98. The number of hydrogen-bond acceptors (Lipinski definition) is 1. The number of nitrogens with zero attached hydrogens (tertiary/aromatic N) is 2. The van der Waals surface area contributed by atoms with Crippen molar-refractivity contribution in [3.05, 3.63) is 15.9 Å². The van der Waals surface area contributed by atoms with E-state index in [0.29, 0.717) is 0 Å².